The summed E-state index contributed by atoms with van der Waals surface area (Å²) in [5.74, 6) is -2.19. The molecule has 1 aliphatic rings. The molecule has 4 atom stereocenters. The van der Waals surface area contributed by atoms with Gasteiger partial charge in [0.05, 0.1) is 6.54 Å². The van der Waals surface area contributed by atoms with Crippen LogP contribution in [0, 0.1) is 0 Å². The molecule has 0 bridgehead atoms. The summed E-state index contributed by atoms with van der Waals surface area (Å²) in [7, 11) is 0. The van der Waals surface area contributed by atoms with Crippen molar-refractivity contribution in [3.63, 3.8) is 0 Å². The first-order valence-electron chi connectivity index (χ1n) is 19.3. The van der Waals surface area contributed by atoms with Gasteiger partial charge in [-0.1, -0.05) is 78.9 Å². The summed E-state index contributed by atoms with van der Waals surface area (Å²) >= 11 is 0. The van der Waals surface area contributed by atoms with E-state index >= 15 is 0 Å². The molecule has 0 unspecified atom stereocenters. The largest absolute Gasteiger partial charge is 0.489 e. The number of anilines is 1. The van der Waals surface area contributed by atoms with Gasteiger partial charge in [0, 0.05) is 17.8 Å². The third-order valence-electron chi connectivity index (χ3n) is 9.51. The average Bonchev–Trinajstić information content (AvgIpc) is 3.24. The smallest absolute Gasteiger partial charge is 0.251 e. The molecule has 304 valence electrons. The first-order valence-corrected chi connectivity index (χ1v) is 19.3. The molecule has 10 N–H and O–H groups in total. The highest BCUT2D eigenvalue weighted by Crippen LogP contribution is 2.24. The van der Waals surface area contributed by atoms with E-state index in [1.807, 2.05) is 48.5 Å². The van der Waals surface area contributed by atoms with Crippen molar-refractivity contribution in [2.24, 2.45) is 22.2 Å². The van der Waals surface area contributed by atoms with E-state index in [0.717, 1.165) is 5.56 Å². The fourth-order valence-corrected chi connectivity index (χ4v) is 6.31. The van der Waals surface area contributed by atoms with Crippen molar-refractivity contribution in [1.29, 1.82) is 0 Å². The molecule has 1 fully saturated rings. The van der Waals surface area contributed by atoms with Gasteiger partial charge in [-0.05, 0) is 86.2 Å². The highest BCUT2D eigenvalue weighted by Gasteiger charge is 2.40. The molecule has 0 saturated carbocycles. The van der Waals surface area contributed by atoms with Crippen LogP contribution in [0.3, 0.4) is 0 Å². The standard InChI is InChI=1S/C43H51N9O6/c44-25-11-10-19-34(49-39(54)35(20-12-26-47-43(45)46)48-38(53)31-15-6-2-7-16-31)40(55)51-37(30-21-23-33(24-22-30)58-28-29-13-4-1-5-14-29)41(56)50-36-27-52(42(36)57)32-17-8-3-9-18-32/h1-9,13-18,21-24,34-37H,10-12,19-20,25-28,44H2,(H,48,53)(H,49,54)(H,50,56)(H,51,55)(H4,45,46,47)/t34-,35-,36-,37+/m0/s1. The fourth-order valence-electron chi connectivity index (χ4n) is 6.31. The van der Waals surface area contributed by atoms with Gasteiger partial charge in [-0.15, -0.1) is 0 Å². The zero-order chi connectivity index (χ0) is 41.3. The van der Waals surface area contributed by atoms with Gasteiger partial charge in [-0.3, -0.25) is 29.0 Å². The summed E-state index contributed by atoms with van der Waals surface area (Å²) in [6, 6.07) is 29.7. The van der Waals surface area contributed by atoms with E-state index in [0.29, 0.717) is 55.0 Å². The van der Waals surface area contributed by atoms with E-state index in [1.165, 1.54) is 0 Å². The molecule has 1 saturated heterocycles. The number of nitrogens with two attached hydrogens (primary N) is 3. The summed E-state index contributed by atoms with van der Waals surface area (Å²) in [6.07, 6.45) is 1.76. The molecule has 0 aromatic heterocycles. The monoisotopic (exact) mass is 789 g/mol. The van der Waals surface area contributed by atoms with Crippen molar-refractivity contribution in [3.8, 4) is 5.75 Å². The van der Waals surface area contributed by atoms with Crippen molar-refractivity contribution in [3.05, 3.63) is 132 Å². The highest BCUT2D eigenvalue weighted by molar-refractivity contribution is 6.06. The van der Waals surface area contributed by atoms with E-state index in [9.17, 15) is 24.0 Å². The number of para-hydroxylation sites is 1. The summed E-state index contributed by atoms with van der Waals surface area (Å²) in [5, 5.41) is 11.2. The van der Waals surface area contributed by atoms with Crippen molar-refractivity contribution in [2.45, 2.75) is 62.9 Å². The molecule has 0 aliphatic carbocycles. The van der Waals surface area contributed by atoms with E-state index in [-0.39, 0.29) is 37.8 Å². The van der Waals surface area contributed by atoms with E-state index in [4.69, 9.17) is 21.9 Å². The molecule has 5 rings (SSSR count). The lowest BCUT2D eigenvalue weighted by atomic mass is 10.0. The average molecular weight is 790 g/mol. The zero-order valence-corrected chi connectivity index (χ0v) is 32.2. The second kappa shape index (κ2) is 21.5. The third-order valence-corrected chi connectivity index (χ3v) is 9.51. The Kier molecular flexibility index (Phi) is 15.7. The minimum Gasteiger partial charge on any atom is -0.489 e. The number of nitrogens with zero attached hydrogens (tertiary/aromatic N) is 2. The Bertz CT molecular complexity index is 2000. The van der Waals surface area contributed by atoms with Gasteiger partial charge in [0.1, 0.15) is 36.5 Å². The number of ether oxygens (including phenoxy) is 1. The summed E-state index contributed by atoms with van der Waals surface area (Å²) < 4.78 is 5.94. The second-order valence-electron chi connectivity index (χ2n) is 13.8. The molecule has 1 heterocycles. The Balaban J connectivity index is 1.34. The molecular weight excluding hydrogens is 739 g/mol. The normalized spacial score (nSPS) is 14.8. The lowest BCUT2D eigenvalue weighted by Gasteiger charge is -2.39. The van der Waals surface area contributed by atoms with Gasteiger partial charge >= 0.3 is 0 Å². The molecule has 4 aromatic carbocycles. The summed E-state index contributed by atoms with van der Waals surface area (Å²) in [4.78, 5) is 74.0. The number of guanidine groups is 1. The van der Waals surface area contributed by atoms with Crippen molar-refractivity contribution >= 4 is 41.2 Å². The van der Waals surface area contributed by atoms with Crippen LogP contribution in [0.5, 0.6) is 5.75 Å². The Morgan fingerprint density at radius 1 is 0.724 bits per heavy atom. The molecule has 15 heteroatoms. The molecule has 0 spiro atoms. The molecule has 0 radical (unpaired) electrons. The van der Waals surface area contributed by atoms with Crippen LogP contribution in [0.25, 0.3) is 0 Å². The van der Waals surface area contributed by atoms with E-state index < -0.39 is 47.8 Å². The van der Waals surface area contributed by atoms with Gasteiger partial charge in [-0.25, -0.2) is 0 Å². The van der Waals surface area contributed by atoms with Gasteiger partial charge < -0.3 is 48.1 Å². The van der Waals surface area contributed by atoms with Crippen LogP contribution < -0.4 is 48.1 Å². The topological polar surface area (TPSA) is 236 Å². The van der Waals surface area contributed by atoms with Crippen molar-refractivity contribution < 1.29 is 28.7 Å². The highest BCUT2D eigenvalue weighted by atomic mass is 16.5. The molecule has 1 aliphatic heterocycles. The number of carbonyl (C=O) groups is 5. The number of amides is 5. The number of rotatable bonds is 21. The van der Waals surface area contributed by atoms with Gasteiger partial charge in [0.2, 0.25) is 17.7 Å². The number of carbonyl (C=O) groups excluding carboxylic acids is 5. The minimum absolute atomic E-state index is 0.103. The fraction of sp³-hybridized carbons (Fsp3) is 0.302. The Morgan fingerprint density at radius 3 is 1.97 bits per heavy atom. The zero-order valence-electron chi connectivity index (χ0n) is 32.2. The Hall–Kier alpha value is -6.74. The molecular formula is C43H51N9O6. The number of hydrogen-bond donors (Lipinski definition) is 7. The maximum absolute atomic E-state index is 14.2. The van der Waals surface area contributed by atoms with Gasteiger partial charge in [0.25, 0.3) is 11.8 Å². The maximum Gasteiger partial charge on any atom is 0.251 e. The van der Waals surface area contributed by atoms with Crippen LogP contribution in [0.2, 0.25) is 0 Å². The number of aliphatic imine (C=N–C) groups is 1. The summed E-state index contributed by atoms with van der Waals surface area (Å²) in [5.41, 5.74) is 19.2. The van der Waals surface area contributed by atoms with Gasteiger partial charge in [0.15, 0.2) is 5.96 Å². The maximum atomic E-state index is 14.2. The number of hydrogen-bond acceptors (Lipinski definition) is 8. The molecule has 15 nitrogen and oxygen atoms in total. The second-order valence-corrected chi connectivity index (χ2v) is 13.8. The Morgan fingerprint density at radius 2 is 1.33 bits per heavy atom. The van der Waals surface area contributed by atoms with Gasteiger partial charge in [-0.2, -0.15) is 0 Å². The quantitative estimate of drug-likeness (QED) is 0.0284. The van der Waals surface area contributed by atoms with Crippen molar-refractivity contribution in [1.82, 2.24) is 21.3 Å². The third kappa shape index (κ3) is 12.4. The number of unbranched alkanes of at least 4 members (excludes halogenated alkanes) is 1. The van der Waals surface area contributed by atoms with Crippen LogP contribution in [0.1, 0.15) is 59.6 Å². The number of β-lactam (4-membered cyclic amide) rings is 1. The van der Waals surface area contributed by atoms with E-state index in [2.05, 4.69) is 26.3 Å². The van der Waals surface area contributed by atoms with Crippen LogP contribution in [-0.2, 0) is 25.8 Å². The number of nitrogens with one attached hydrogen (secondary N) is 4. The van der Waals surface area contributed by atoms with E-state index in [1.54, 1.807) is 71.6 Å². The first kappa shape index (κ1) is 42.4. The van der Waals surface area contributed by atoms with Crippen LogP contribution >= 0.6 is 0 Å². The van der Waals surface area contributed by atoms with Crippen molar-refractivity contribution in [2.75, 3.05) is 24.5 Å². The Labute approximate surface area is 337 Å². The van der Waals surface area contributed by atoms with Crippen LogP contribution in [0.15, 0.2) is 120 Å². The summed E-state index contributed by atoms with van der Waals surface area (Å²) in [6.45, 7) is 1.15. The molecule has 4 aromatic rings. The predicted octanol–water partition coefficient (Wildman–Crippen LogP) is 2.42. The molecule has 5 amide bonds. The SMILES string of the molecule is NCCCC[C@H](NC(=O)[C@H](CCCN=C(N)N)NC(=O)c1ccccc1)C(=O)N[C@@H](C(=O)N[C@H]1CN(c2ccccc2)C1=O)c1ccc(OCc2ccccc2)cc1. The first-order chi connectivity index (χ1) is 28.1. The predicted molar refractivity (Wildman–Crippen MR) is 221 cm³/mol. The van der Waals surface area contributed by atoms with Crippen LogP contribution in [0.4, 0.5) is 5.69 Å². The minimum atomic E-state index is -1.25. The number of benzene rings is 4. The lowest BCUT2D eigenvalue weighted by Crippen LogP contribution is -2.65. The van der Waals surface area contributed by atoms with Crippen LogP contribution in [-0.4, -0.2) is 73.3 Å². The lowest BCUT2D eigenvalue weighted by molar-refractivity contribution is -0.135. The molecule has 58 heavy (non-hydrogen) atoms.